The number of carbonyl (C=O) groups is 2. The van der Waals surface area contributed by atoms with Gasteiger partial charge in [0.1, 0.15) is 32.2 Å². The number of nitrogens with zero attached hydrogens (tertiary/aromatic N) is 1. The van der Waals surface area contributed by atoms with E-state index in [1.165, 1.54) is 36.4 Å². The molecule has 1 atom stereocenters. The quantitative estimate of drug-likeness (QED) is 0.463. The lowest BCUT2D eigenvalue weighted by atomic mass is 10.1. The zero-order valence-electron chi connectivity index (χ0n) is 16.0. The fourth-order valence-corrected chi connectivity index (χ4v) is 4.65. The summed E-state index contributed by atoms with van der Waals surface area (Å²) in [5.41, 5.74) is -0.391. The number of rotatable bonds is 4. The second kappa shape index (κ2) is 7.40. The van der Waals surface area contributed by atoms with Gasteiger partial charge in [0, 0.05) is 0 Å². The number of carboxylic acids is 1. The molecule has 4 rings (SSSR count). The van der Waals surface area contributed by atoms with Crippen molar-refractivity contribution in [2.45, 2.75) is 11.8 Å². The Morgan fingerprint density at radius 1 is 1.13 bits per heavy atom. The summed E-state index contributed by atoms with van der Waals surface area (Å²) in [4.78, 5) is 36.1. The first-order valence-corrected chi connectivity index (χ1v) is 10.6. The van der Waals surface area contributed by atoms with Gasteiger partial charge in [-0.25, -0.2) is 13.8 Å². The molecule has 0 saturated heterocycles. The Morgan fingerprint density at radius 3 is 2.45 bits per heavy atom. The molecule has 2 aromatic carbocycles. The summed E-state index contributed by atoms with van der Waals surface area (Å²) >= 11 is 0. The van der Waals surface area contributed by atoms with Crippen molar-refractivity contribution >= 4 is 43.6 Å². The zero-order chi connectivity index (χ0) is 22.3. The third kappa shape index (κ3) is 3.46. The van der Waals surface area contributed by atoms with Crippen molar-refractivity contribution < 1.29 is 33.2 Å². The molecule has 0 aliphatic carbocycles. The molecule has 2 heterocycles. The Kier molecular flexibility index (Phi) is 4.86. The van der Waals surface area contributed by atoms with Crippen LogP contribution in [0.1, 0.15) is 17.3 Å². The van der Waals surface area contributed by atoms with Crippen LogP contribution in [-0.4, -0.2) is 33.0 Å². The van der Waals surface area contributed by atoms with Crippen molar-refractivity contribution in [3.63, 3.8) is 0 Å². The van der Waals surface area contributed by atoms with Crippen molar-refractivity contribution in [2.75, 3.05) is 6.61 Å². The van der Waals surface area contributed by atoms with Crippen LogP contribution < -0.4 is 5.43 Å². The number of hydrogen-bond acceptors (Lipinski definition) is 8. The van der Waals surface area contributed by atoms with Gasteiger partial charge >= 0.3 is 11.9 Å². The molecule has 158 valence electrons. The first-order valence-electron chi connectivity index (χ1n) is 9.02. The third-order valence-electron chi connectivity index (χ3n) is 4.61. The van der Waals surface area contributed by atoms with Crippen LogP contribution in [0.15, 0.2) is 77.8 Å². The summed E-state index contributed by atoms with van der Waals surface area (Å²) < 4.78 is 27.7. The topological polar surface area (TPSA) is 143 Å². The van der Waals surface area contributed by atoms with Gasteiger partial charge in [0.25, 0.3) is 0 Å². The Bertz CT molecular complexity index is 1520. The van der Waals surface area contributed by atoms with Crippen LogP contribution in [-0.2, 0) is 19.3 Å². The summed E-state index contributed by atoms with van der Waals surface area (Å²) in [6.45, 7) is 1.70. The van der Waals surface area contributed by atoms with E-state index in [2.05, 4.69) is 4.36 Å². The smallest absolute Gasteiger partial charge is 0.343 e. The number of carbonyl (C=O) groups excluding carboxylic acids is 1. The highest BCUT2D eigenvalue weighted by Gasteiger charge is 2.24. The number of hydrogen-bond donors (Lipinski definition) is 2. The van der Waals surface area contributed by atoms with Crippen molar-refractivity contribution in [3.8, 4) is 0 Å². The molecule has 31 heavy (non-hydrogen) atoms. The zero-order valence-corrected chi connectivity index (χ0v) is 16.8. The van der Waals surface area contributed by atoms with E-state index in [0.717, 1.165) is 11.6 Å². The van der Waals surface area contributed by atoms with E-state index >= 15 is 0 Å². The van der Waals surface area contributed by atoms with Crippen LogP contribution in [0.4, 0.5) is 0 Å². The minimum atomic E-state index is -3.33. The molecule has 1 aromatic heterocycles. The first kappa shape index (κ1) is 20.4. The molecular weight excluding hydrogens is 426 g/mol. The molecule has 9 nitrogen and oxygen atoms in total. The molecule has 0 saturated carbocycles. The number of aromatic carboxylic acids is 1. The standard InChI is InChI=1S/C21H15NO8S/c1-2-29-21(27)15-9-22-31(28,10-16(15)23)12-4-6-18-14(8-12)19(24)13-7-11(20(25)26)3-5-17(13)30-18/h3-10,23H,2H2,1H3,(H,25,26). The maximum atomic E-state index is 13.3. The number of fused-ring (bicyclic) bond motifs is 2. The van der Waals surface area contributed by atoms with E-state index < -0.39 is 32.9 Å². The number of aliphatic hydroxyl groups is 1. The van der Waals surface area contributed by atoms with Gasteiger partial charge < -0.3 is 19.4 Å². The van der Waals surface area contributed by atoms with Crippen molar-refractivity contribution in [3.05, 3.63) is 75.1 Å². The summed E-state index contributed by atoms with van der Waals surface area (Å²) in [5.74, 6) is -2.54. The maximum Gasteiger partial charge on any atom is 0.343 e. The lowest BCUT2D eigenvalue weighted by Crippen LogP contribution is -2.13. The van der Waals surface area contributed by atoms with E-state index in [-0.39, 0.29) is 44.6 Å². The fraction of sp³-hybridized carbons (Fsp3) is 0.0952. The Labute approximate surface area is 175 Å². The Hall–Kier alpha value is -3.92. The molecule has 0 spiro atoms. The molecule has 1 aliphatic heterocycles. The second-order valence-corrected chi connectivity index (χ2v) is 8.60. The van der Waals surface area contributed by atoms with Crippen LogP contribution in [0, 0.1) is 0 Å². The molecule has 0 amide bonds. The van der Waals surface area contributed by atoms with Crippen LogP contribution in [0.3, 0.4) is 0 Å². The Balaban J connectivity index is 1.90. The van der Waals surface area contributed by atoms with Crippen LogP contribution in [0.25, 0.3) is 21.9 Å². The highest BCUT2D eigenvalue weighted by Crippen LogP contribution is 2.28. The average Bonchev–Trinajstić information content (AvgIpc) is 2.73. The predicted molar refractivity (Wildman–Crippen MR) is 111 cm³/mol. The minimum Gasteiger partial charge on any atom is -0.506 e. The molecule has 2 N–H and O–H groups in total. The number of carboxylic acid groups (broad SMARTS) is 1. The van der Waals surface area contributed by atoms with Crippen molar-refractivity contribution in [1.82, 2.24) is 0 Å². The monoisotopic (exact) mass is 441 g/mol. The summed E-state index contributed by atoms with van der Waals surface area (Å²) in [7, 11) is -3.33. The molecule has 0 fully saturated rings. The van der Waals surface area contributed by atoms with E-state index in [1.807, 2.05) is 0 Å². The van der Waals surface area contributed by atoms with Gasteiger partial charge in [0.05, 0.1) is 39.4 Å². The SMILES string of the molecule is CCOC(=O)C1=CN=S(=O)(c2ccc3oc4ccc(C(=O)O)cc4c(=O)c3c2)C=C1O. The number of ether oxygens (including phenoxy) is 1. The molecule has 1 aliphatic rings. The minimum absolute atomic E-state index is 0.0583. The van der Waals surface area contributed by atoms with E-state index in [1.54, 1.807) is 6.92 Å². The van der Waals surface area contributed by atoms with Crippen LogP contribution in [0.5, 0.6) is 0 Å². The summed E-state index contributed by atoms with van der Waals surface area (Å²) in [5, 5.41) is 20.4. The normalized spacial score (nSPS) is 18.2. The van der Waals surface area contributed by atoms with E-state index in [9.17, 15) is 23.7 Å². The maximum absolute atomic E-state index is 13.3. The van der Waals surface area contributed by atoms with Gasteiger partial charge in [-0.2, -0.15) is 4.36 Å². The van der Waals surface area contributed by atoms with E-state index in [0.29, 0.717) is 0 Å². The summed E-state index contributed by atoms with van der Waals surface area (Å²) in [6, 6.07) is 8.11. The van der Waals surface area contributed by atoms with E-state index in [4.69, 9.17) is 14.3 Å². The average molecular weight is 441 g/mol. The molecule has 10 heteroatoms. The van der Waals surface area contributed by atoms with Gasteiger partial charge in [-0.15, -0.1) is 0 Å². The van der Waals surface area contributed by atoms with Gasteiger partial charge in [-0.05, 0) is 43.3 Å². The molecule has 0 radical (unpaired) electrons. The first-order chi connectivity index (χ1) is 14.7. The molecular formula is C21H15NO8S. The van der Waals surface area contributed by atoms with Crippen LogP contribution >= 0.6 is 0 Å². The third-order valence-corrected chi connectivity index (χ3v) is 6.50. The van der Waals surface area contributed by atoms with Crippen molar-refractivity contribution in [2.24, 2.45) is 4.36 Å². The van der Waals surface area contributed by atoms with Crippen molar-refractivity contribution in [1.29, 1.82) is 0 Å². The second-order valence-electron chi connectivity index (χ2n) is 6.55. The predicted octanol–water partition coefficient (Wildman–Crippen LogP) is 3.33. The summed E-state index contributed by atoms with van der Waals surface area (Å²) in [6.07, 6.45) is 0.974. The highest BCUT2D eigenvalue weighted by atomic mass is 32.2. The number of benzene rings is 2. The molecule has 3 aromatic rings. The number of aliphatic hydroxyl groups excluding tert-OH is 1. The molecule has 0 bridgehead atoms. The van der Waals surface area contributed by atoms with Gasteiger partial charge in [0.15, 0.2) is 0 Å². The van der Waals surface area contributed by atoms with Crippen LogP contribution in [0.2, 0.25) is 0 Å². The highest BCUT2D eigenvalue weighted by molar-refractivity contribution is 7.96. The number of esters is 1. The fourth-order valence-electron chi connectivity index (χ4n) is 3.09. The Morgan fingerprint density at radius 2 is 1.81 bits per heavy atom. The lowest BCUT2D eigenvalue weighted by molar-refractivity contribution is -0.138. The largest absolute Gasteiger partial charge is 0.506 e. The van der Waals surface area contributed by atoms with Gasteiger partial charge in [-0.1, -0.05) is 0 Å². The molecule has 1 unspecified atom stereocenters. The lowest BCUT2D eigenvalue weighted by Gasteiger charge is -2.13. The van der Waals surface area contributed by atoms with Gasteiger partial charge in [0.2, 0.25) is 5.43 Å². The van der Waals surface area contributed by atoms with Gasteiger partial charge in [-0.3, -0.25) is 4.79 Å².